The van der Waals surface area contributed by atoms with Gasteiger partial charge in [-0.2, -0.15) is 0 Å². The molecule has 230 valence electrons. The van der Waals surface area contributed by atoms with Crippen LogP contribution in [0.3, 0.4) is 0 Å². The maximum absolute atomic E-state index is 13.2. The second kappa shape index (κ2) is 15.4. The van der Waals surface area contributed by atoms with Gasteiger partial charge in [-0.05, 0) is 104 Å². The quantitative estimate of drug-likeness (QED) is 0.166. The van der Waals surface area contributed by atoms with Crippen molar-refractivity contribution in [3.05, 3.63) is 89.7 Å². The zero-order valence-corrected chi connectivity index (χ0v) is 25.9. The Hall–Kier alpha value is -3.36. The van der Waals surface area contributed by atoms with Crippen LogP contribution in [0.5, 0.6) is 0 Å². The first-order valence-electron chi connectivity index (χ1n) is 15.2. The lowest BCUT2D eigenvalue weighted by molar-refractivity contribution is -0.142. The van der Waals surface area contributed by atoms with Gasteiger partial charge in [-0.15, -0.1) is 0 Å². The summed E-state index contributed by atoms with van der Waals surface area (Å²) in [4.78, 5) is 24.7. The molecule has 0 radical (unpaired) electrons. The number of carbonyl (C=O) groups excluding carboxylic acids is 2. The molecular formula is C35H42FNO5S. The first-order valence-corrected chi connectivity index (χ1v) is 16.9. The van der Waals surface area contributed by atoms with Crippen molar-refractivity contribution >= 4 is 21.6 Å². The summed E-state index contributed by atoms with van der Waals surface area (Å²) in [6.45, 7) is 5.01. The number of carbonyl (C=O) groups is 2. The summed E-state index contributed by atoms with van der Waals surface area (Å²) in [6, 6.07) is 21.5. The van der Waals surface area contributed by atoms with Crippen LogP contribution in [0.25, 0.3) is 11.1 Å². The van der Waals surface area contributed by atoms with Crippen LogP contribution in [0.2, 0.25) is 0 Å². The Bertz CT molecular complexity index is 1450. The first-order chi connectivity index (χ1) is 20.6. The molecule has 1 aliphatic carbocycles. The molecule has 4 rings (SSSR count). The molecule has 3 aromatic rings. The van der Waals surface area contributed by atoms with Crippen molar-refractivity contribution in [2.45, 2.75) is 63.2 Å². The van der Waals surface area contributed by atoms with E-state index in [1.165, 1.54) is 12.1 Å². The van der Waals surface area contributed by atoms with Gasteiger partial charge in [0.2, 0.25) is 0 Å². The molecule has 0 spiro atoms. The van der Waals surface area contributed by atoms with Crippen molar-refractivity contribution in [3.63, 3.8) is 0 Å². The molecule has 0 amide bonds. The lowest BCUT2D eigenvalue weighted by Gasteiger charge is -2.28. The molecule has 1 N–H and O–H groups in total. The number of hydrogen-bond donors (Lipinski definition) is 1. The molecule has 8 heteroatoms. The van der Waals surface area contributed by atoms with Crippen molar-refractivity contribution < 1.29 is 27.1 Å². The maximum atomic E-state index is 13.2. The number of Topliss-reactive ketones (excluding diaryl/α,β-unsaturated/α-hetero) is 1. The highest BCUT2D eigenvalue weighted by Gasteiger charge is 2.30. The van der Waals surface area contributed by atoms with Crippen LogP contribution in [-0.4, -0.2) is 45.6 Å². The third-order valence-electron chi connectivity index (χ3n) is 8.37. The van der Waals surface area contributed by atoms with E-state index in [1.807, 2.05) is 43.3 Å². The van der Waals surface area contributed by atoms with E-state index in [0.29, 0.717) is 37.3 Å². The zero-order chi connectivity index (χ0) is 30.8. The van der Waals surface area contributed by atoms with Crippen molar-refractivity contribution in [2.24, 2.45) is 11.8 Å². The molecule has 0 heterocycles. The Kier molecular flexibility index (Phi) is 11.7. The second-order valence-electron chi connectivity index (χ2n) is 11.6. The third kappa shape index (κ3) is 9.57. The van der Waals surface area contributed by atoms with Crippen molar-refractivity contribution in [1.29, 1.82) is 0 Å². The smallest absolute Gasteiger partial charge is 0.319 e. The molecule has 0 saturated heterocycles. The van der Waals surface area contributed by atoms with Gasteiger partial charge in [-0.1, -0.05) is 55.5 Å². The van der Waals surface area contributed by atoms with Gasteiger partial charge < -0.3 is 10.1 Å². The first kappa shape index (κ1) is 32.6. The number of halogens is 1. The summed E-state index contributed by atoms with van der Waals surface area (Å²) in [5, 5.41) is 3.08. The molecule has 43 heavy (non-hydrogen) atoms. The number of esters is 1. The number of sulfone groups is 1. The zero-order valence-electron chi connectivity index (χ0n) is 25.1. The number of benzene rings is 3. The highest BCUT2D eigenvalue weighted by molar-refractivity contribution is 7.91. The predicted octanol–water partition coefficient (Wildman–Crippen LogP) is 6.53. The number of hydrogen-bond acceptors (Lipinski definition) is 6. The van der Waals surface area contributed by atoms with Gasteiger partial charge >= 0.3 is 5.97 Å². The van der Waals surface area contributed by atoms with Crippen LogP contribution >= 0.6 is 0 Å². The molecule has 3 aromatic carbocycles. The fraction of sp³-hybridized carbons (Fsp3) is 0.429. The normalized spacial score (nSPS) is 17.7. The number of ether oxygens (including phenoxy) is 1. The molecule has 6 nitrogen and oxygen atoms in total. The van der Waals surface area contributed by atoms with Crippen LogP contribution in [0.4, 0.5) is 4.39 Å². The second-order valence-corrected chi connectivity index (χ2v) is 13.6. The molecule has 1 aliphatic rings. The molecule has 0 aliphatic heterocycles. The lowest BCUT2D eigenvalue weighted by atomic mass is 9.78. The topological polar surface area (TPSA) is 89.5 Å². The molecule has 1 atom stereocenters. The number of nitrogens with one attached hydrogen (secondary N) is 1. The molecule has 1 fully saturated rings. The van der Waals surface area contributed by atoms with E-state index in [9.17, 15) is 22.4 Å². The highest BCUT2D eigenvalue weighted by atomic mass is 32.2. The van der Waals surface area contributed by atoms with E-state index in [-0.39, 0.29) is 47.6 Å². The molecule has 0 aromatic heterocycles. The standard InChI is InChI=1S/C35H42FNO5S/c1-3-42-35(39)23-37-21-20-26-4-8-29(9-5-26)30-14-18-33(19-15-30)43(40,41)24-27-6-10-31(11-7-27)34(38)22-25(2)28-12-16-32(36)17-13-28/h4-5,8-9,12-19,25,27,31,37H,3,6-7,10-11,20-24H2,1-2H3/t25-,27?,31?/m0/s1. The van der Waals surface area contributed by atoms with E-state index in [2.05, 4.69) is 5.32 Å². The minimum atomic E-state index is -3.44. The van der Waals surface area contributed by atoms with Gasteiger partial charge in [0.1, 0.15) is 11.6 Å². The predicted molar refractivity (Wildman–Crippen MR) is 167 cm³/mol. The van der Waals surface area contributed by atoms with Crippen molar-refractivity contribution in [3.8, 4) is 11.1 Å². The minimum Gasteiger partial charge on any atom is -0.465 e. The fourth-order valence-corrected chi connectivity index (χ4v) is 7.49. The van der Waals surface area contributed by atoms with Crippen molar-refractivity contribution in [1.82, 2.24) is 5.32 Å². The molecule has 1 saturated carbocycles. The van der Waals surface area contributed by atoms with Crippen LogP contribution in [0.1, 0.15) is 63.0 Å². The van der Waals surface area contributed by atoms with Crippen LogP contribution in [-0.2, 0) is 30.6 Å². The van der Waals surface area contributed by atoms with Crippen molar-refractivity contribution in [2.75, 3.05) is 25.4 Å². The molecule has 0 bridgehead atoms. The lowest BCUT2D eigenvalue weighted by Crippen LogP contribution is -2.26. The van der Waals surface area contributed by atoms with Crippen LogP contribution in [0, 0.1) is 17.7 Å². The van der Waals surface area contributed by atoms with Gasteiger partial charge in [0, 0.05) is 12.3 Å². The van der Waals surface area contributed by atoms with Gasteiger partial charge in [-0.3, -0.25) is 9.59 Å². The Morgan fingerprint density at radius 2 is 1.51 bits per heavy atom. The summed E-state index contributed by atoms with van der Waals surface area (Å²) >= 11 is 0. The Balaban J connectivity index is 1.23. The molecular weight excluding hydrogens is 565 g/mol. The average Bonchev–Trinajstić information content (AvgIpc) is 3.00. The largest absolute Gasteiger partial charge is 0.465 e. The Labute approximate surface area is 255 Å². The van der Waals surface area contributed by atoms with Crippen LogP contribution < -0.4 is 5.32 Å². The van der Waals surface area contributed by atoms with Crippen LogP contribution in [0.15, 0.2) is 77.7 Å². The summed E-state index contributed by atoms with van der Waals surface area (Å²) in [5.41, 5.74) is 4.04. The summed E-state index contributed by atoms with van der Waals surface area (Å²) in [7, 11) is -3.44. The fourth-order valence-electron chi connectivity index (χ4n) is 5.79. The highest BCUT2D eigenvalue weighted by Crippen LogP contribution is 2.34. The summed E-state index contributed by atoms with van der Waals surface area (Å²) in [5.74, 6) is -0.194. The van der Waals surface area contributed by atoms with Gasteiger partial charge in [0.05, 0.1) is 23.8 Å². The number of ketones is 1. The Morgan fingerprint density at radius 1 is 0.907 bits per heavy atom. The number of rotatable bonds is 14. The Morgan fingerprint density at radius 3 is 2.12 bits per heavy atom. The monoisotopic (exact) mass is 607 g/mol. The van der Waals surface area contributed by atoms with Gasteiger partial charge in [0.25, 0.3) is 0 Å². The SMILES string of the molecule is CCOC(=O)CNCCc1ccc(-c2ccc(S(=O)(=O)CC3CCC(C(=O)C[C@H](C)c4ccc(F)cc4)CC3)cc2)cc1. The third-order valence-corrected chi connectivity index (χ3v) is 10.3. The van der Waals surface area contributed by atoms with E-state index >= 15 is 0 Å². The average molecular weight is 608 g/mol. The van der Waals surface area contributed by atoms with Gasteiger partial charge in [-0.25, -0.2) is 12.8 Å². The minimum absolute atomic E-state index is 0.0264. The summed E-state index contributed by atoms with van der Waals surface area (Å²) < 4.78 is 44.5. The van der Waals surface area contributed by atoms with E-state index in [1.54, 1.807) is 31.2 Å². The van der Waals surface area contributed by atoms with Gasteiger partial charge in [0.15, 0.2) is 9.84 Å². The van der Waals surface area contributed by atoms with E-state index in [0.717, 1.165) is 41.5 Å². The van der Waals surface area contributed by atoms with E-state index in [4.69, 9.17) is 4.74 Å². The summed E-state index contributed by atoms with van der Waals surface area (Å²) in [6.07, 6.45) is 4.08. The van der Waals surface area contributed by atoms with E-state index < -0.39 is 9.84 Å². The molecule has 0 unspecified atom stereocenters. The maximum Gasteiger partial charge on any atom is 0.319 e.